The summed E-state index contributed by atoms with van der Waals surface area (Å²) in [6.45, 7) is 0. The molecule has 0 aliphatic rings. The molecule has 2 aromatic carbocycles. The topological polar surface area (TPSA) is 106 Å². The molecule has 0 aliphatic carbocycles. The Morgan fingerprint density at radius 2 is 1.23 bits per heavy atom. The van der Waals surface area contributed by atoms with Gasteiger partial charge in [-0.25, -0.2) is 4.57 Å². The minimum Gasteiger partial charge on any atom is -0.494 e. The zero-order valence-corrected chi connectivity index (χ0v) is 13.2. The Morgan fingerprint density at radius 3 is 1.59 bits per heavy atom. The normalized spacial score (nSPS) is 10.3. The fourth-order valence-electron chi connectivity index (χ4n) is 1.72. The fraction of sp³-hybridized carbons (Fsp3) is 0.143. The molecule has 2 aromatic rings. The van der Waals surface area contributed by atoms with Gasteiger partial charge in [-0.3, -0.25) is 0 Å². The van der Waals surface area contributed by atoms with E-state index in [9.17, 15) is 4.57 Å². The van der Waals surface area contributed by atoms with Crippen LogP contribution < -0.4 is 30.0 Å². The van der Waals surface area contributed by atoms with E-state index in [-0.39, 0.29) is 0 Å². The largest absolute Gasteiger partial charge is 0.494 e. The number of ether oxygens (including phenoxy) is 2. The van der Waals surface area contributed by atoms with Crippen LogP contribution in [0.4, 0.5) is 11.4 Å². The van der Waals surface area contributed by atoms with Gasteiger partial charge in [-0.15, -0.1) is 0 Å². The Hall–Kier alpha value is -2.53. The molecular weight excluding hydrogens is 307 g/mol. The third-order valence-electron chi connectivity index (χ3n) is 2.81. The van der Waals surface area contributed by atoms with Crippen molar-refractivity contribution >= 4 is 19.6 Å². The molecule has 0 aromatic heterocycles. The highest BCUT2D eigenvalue weighted by atomic mass is 31.1. The standard InChI is InChI=1S/C14H17N2O5P/c1-18-13-7-9(3-5-11(13)15)20-22(17)21-10-4-6-12(16)14(8-10)19-2/h3-8,22H,15-16H2,1-2H3. The minimum absolute atomic E-state index is 0.331. The molecule has 0 saturated heterocycles. The van der Waals surface area contributed by atoms with E-state index in [1.54, 1.807) is 24.3 Å². The quantitative estimate of drug-likeness (QED) is 0.621. The SMILES string of the molecule is COc1cc(O[PH](=O)Oc2ccc(N)c(OC)c2)ccc1N. The lowest BCUT2D eigenvalue weighted by molar-refractivity contribution is 0.399. The van der Waals surface area contributed by atoms with Crippen LogP contribution in [0.25, 0.3) is 0 Å². The van der Waals surface area contributed by atoms with Crippen molar-refractivity contribution in [1.29, 1.82) is 0 Å². The first-order valence-corrected chi connectivity index (χ1v) is 7.52. The predicted molar refractivity (Wildman–Crippen MR) is 85.1 cm³/mol. The van der Waals surface area contributed by atoms with Crippen LogP contribution in [0.1, 0.15) is 0 Å². The van der Waals surface area contributed by atoms with E-state index in [1.165, 1.54) is 26.4 Å². The molecule has 4 N–H and O–H groups in total. The third kappa shape index (κ3) is 3.77. The molecule has 118 valence electrons. The van der Waals surface area contributed by atoms with Crippen LogP contribution in [0.5, 0.6) is 23.0 Å². The van der Waals surface area contributed by atoms with Crippen molar-refractivity contribution in [2.45, 2.75) is 0 Å². The van der Waals surface area contributed by atoms with Crippen molar-refractivity contribution < 1.29 is 23.1 Å². The highest BCUT2D eigenvalue weighted by Gasteiger charge is 2.09. The van der Waals surface area contributed by atoms with Crippen molar-refractivity contribution in [2.75, 3.05) is 25.7 Å². The third-order valence-corrected chi connectivity index (χ3v) is 3.62. The smallest absolute Gasteiger partial charge is 0.418 e. The van der Waals surface area contributed by atoms with Gasteiger partial charge in [0.1, 0.15) is 23.0 Å². The summed E-state index contributed by atoms with van der Waals surface area (Å²) in [6.07, 6.45) is 0. The molecule has 0 unspecified atom stereocenters. The second-order valence-electron chi connectivity index (χ2n) is 4.26. The Bertz CT molecular complexity index is 635. The summed E-state index contributed by atoms with van der Waals surface area (Å²) in [5.41, 5.74) is 12.3. The zero-order chi connectivity index (χ0) is 16.1. The first-order chi connectivity index (χ1) is 10.5. The van der Waals surface area contributed by atoms with Crippen LogP contribution in [0.15, 0.2) is 36.4 Å². The summed E-state index contributed by atoms with van der Waals surface area (Å²) in [4.78, 5) is 0. The zero-order valence-electron chi connectivity index (χ0n) is 12.2. The van der Waals surface area contributed by atoms with E-state index in [0.717, 1.165) is 0 Å². The van der Waals surface area contributed by atoms with Crippen LogP contribution in [0.3, 0.4) is 0 Å². The van der Waals surface area contributed by atoms with Crippen LogP contribution >= 0.6 is 8.25 Å². The average Bonchev–Trinajstić information content (AvgIpc) is 2.51. The highest BCUT2D eigenvalue weighted by molar-refractivity contribution is 7.34. The van der Waals surface area contributed by atoms with Crippen molar-refractivity contribution in [1.82, 2.24) is 0 Å². The van der Waals surface area contributed by atoms with Crippen molar-refractivity contribution in [2.24, 2.45) is 0 Å². The predicted octanol–water partition coefficient (Wildman–Crippen LogP) is 2.72. The van der Waals surface area contributed by atoms with Gasteiger partial charge in [0.25, 0.3) is 0 Å². The van der Waals surface area contributed by atoms with Crippen molar-refractivity contribution in [3.8, 4) is 23.0 Å². The maximum absolute atomic E-state index is 11.9. The van der Waals surface area contributed by atoms with Crippen molar-refractivity contribution in [3.05, 3.63) is 36.4 Å². The minimum atomic E-state index is -2.81. The van der Waals surface area contributed by atoms with E-state index in [0.29, 0.717) is 34.4 Å². The number of benzene rings is 2. The van der Waals surface area contributed by atoms with Crippen LogP contribution in [-0.4, -0.2) is 14.2 Å². The second-order valence-corrected chi connectivity index (χ2v) is 5.17. The van der Waals surface area contributed by atoms with Crippen LogP contribution in [-0.2, 0) is 4.57 Å². The summed E-state index contributed by atoms with van der Waals surface area (Å²) < 4.78 is 32.5. The number of methoxy groups -OCH3 is 2. The number of hydrogen-bond donors (Lipinski definition) is 2. The van der Waals surface area contributed by atoms with Gasteiger partial charge in [0.15, 0.2) is 0 Å². The fourth-order valence-corrected chi connectivity index (χ4v) is 2.40. The maximum Gasteiger partial charge on any atom is 0.418 e. The summed E-state index contributed by atoms with van der Waals surface area (Å²) in [7, 11) is 0.152. The number of nitrogens with two attached hydrogens (primary N) is 2. The Labute approximate surface area is 128 Å². The Kier molecular flexibility index (Phi) is 5.01. The molecule has 8 heteroatoms. The van der Waals surface area contributed by atoms with E-state index < -0.39 is 8.25 Å². The van der Waals surface area contributed by atoms with Gasteiger partial charge in [-0.1, -0.05) is 0 Å². The molecule has 0 spiro atoms. The molecule has 0 fully saturated rings. The molecule has 7 nitrogen and oxygen atoms in total. The number of nitrogen functional groups attached to an aromatic ring is 2. The molecule has 0 aliphatic heterocycles. The van der Waals surface area contributed by atoms with E-state index in [4.69, 9.17) is 30.0 Å². The lowest BCUT2D eigenvalue weighted by atomic mass is 10.3. The highest BCUT2D eigenvalue weighted by Crippen LogP contribution is 2.36. The summed E-state index contributed by atoms with van der Waals surface area (Å²) in [5, 5.41) is 0. The molecule has 0 atom stereocenters. The second kappa shape index (κ2) is 6.95. The molecule has 22 heavy (non-hydrogen) atoms. The van der Waals surface area contributed by atoms with Gasteiger partial charge in [-0.2, -0.15) is 0 Å². The lowest BCUT2D eigenvalue weighted by Crippen LogP contribution is -1.95. The van der Waals surface area contributed by atoms with E-state index in [2.05, 4.69) is 0 Å². The van der Waals surface area contributed by atoms with Gasteiger partial charge in [-0.05, 0) is 24.3 Å². The molecule has 0 bridgehead atoms. The van der Waals surface area contributed by atoms with Gasteiger partial charge >= 0.3 is 8.25 Å². The lowest BCUT2D eigenvalue weighted by Gasteiger charge is -2.11. The molecule has 0 radical (unpaired) electrons. The monoisotopic (exact) mass is 324 g/mol. The average molecular weight is 324 g/mol. The van der Waals surface area contributed by atoms with Crippen LogP contribution in [0, 0.1) is 0 Å². The molecule has 0 saturated carbocycles. The summed E-state index contributed by atoms with van der Waals surface area (Å²) >= 11 is 0. The van der Waals surface area contributed by atoms with Crippen LogP contribution in [0.2, 0.25) is 0 Å². The Balaban J connectivity index is 2.07. The van der Waals surface area contributed by atoms with E-state index >= 15 is 0 Å². The van der Waals surface area contributed by atoms with Gasteiger partial charge in [0.05, 0.1) is 25.6 Å². The molecule has 0 amide bonds. The van der Waals surface area contributed by atoms with Gasteiger partial charge < -0.3 is 30.0 Å². The van der Waals surface area contributed by atoms with Gasteiger partial charge in [0, 0.05) is 12.1 Å². The molecule has 2 rings (SSSR count). The maximum atomic E-state index is 11.9. The number of hydrogen-bond acceptors (Lipinski definition) is 7. The van der Waals surface area contributed by atoms with E-state index in [1.807, 2.05) is 0 Å². The molecule has 0 heterocycles. The number of rotatable bonds is 6. The Morgan fingerprint density at radius 1 is 0.818 bits per heavy atom. The molecular formula is C14H17N2O5P. The number of anilines is 2. The first kappa shape index (κ1) is 15.9. The van der Waals surface area contributed by atoms with Gasteiger partial charge in [0.2, 0.25) is 0 Å². The first-order valence-electron chi connectivity index (χ1n) is 6.30. The summed E-state index contributed by atoms with van der Waals surface area (Å²) in [5.74, 6) is 1.53. The van der Waals surface area contributed by atoms with Crippen molar-refractivity contribution in [3.63, 3.8) is 0 Å². The summed E-state index contributed by atoms with van der Waals surface area (Å²) in [6, 6.07) is 9.40.